The monoisotopic (exact) mass is 196 g/mol. The van der Waals surface area contributed by atoms with Crippen molar-refractivity contribution in [3.05, 3.63) is 34.3 Å². The number of fused-ring (bicyclic) bond motifs is 1. The molecule has 2 heteroatoms. The van der Waals surface area contributed by atoms with Gasteiger partial charge in [-0.2, -0.15) is 0 Å². The van der Waals surface area contributed by atoms with Gasteiger partial charge in [-0.05, 0) is 36.5 Å². The summed E-state index contributed by atoms with van der Waals surface area (Å²) in [5.41, 5.74) is 1.42. The van der Waals surface area contributed by atoms with E-state index in [1.165, 1.54) is 0 Å². The molecular weight excluding hydrogens is 184 g/mol. The number of rotatable bonds is 0. The highest BCUT2D eigenvalue weighted by atomic mass is 35.5. The third-order valence-corrected chi connectivity index (χ3v) is 3.16. The first-order valence-electron chi connectivity index (χ1n) is 4.53. The van der Waals surface area contributed by atoms with Crippen molar-refractivity contribution in [2.24, 2.45) is 0 Å². The number of aliphatic hydroxyl groups is 1. The van der Waals surface area contributed by atoms with E-state index in [0.29, 0.717) is 5.92 Å². The van der Waals surface area contributed by atoms with Crippen LogP contribution in [0.3, 0.4) is 0 Å². The molecule has 0 radical (unpaired) electrons. The van der Waals surface area contributed by atoms with E-state index in [2.05, 4.69) is 6.92 Å². The van der Waals surface area contributed by atoms with E-state index in [0.717, 1.165) is 22.6 Å². The zero-order valence-corrected chi connectivity index (χ0v) is 8.60. The Balaban J connectivity index is 2.65. The molecule has 0 bridgehead atoms. The van der Waals surface area contributed by atoms with Crippen molar-refractivity contribution in [2.45, 2.75) is 31.8 Å². The number of halogens is 1. The summed E-state index contributed by atoms with van der Waals surface area (Å²) in [6, 6.07) is 5.75. The summed E-state index contributed by atoms with van der Waals surface area (Å²) < 4.78 is 0. The fraction of sp³-hybridized carbons (Fsp3) is 0.455. The first-order chi connectivity index (χ1) is 6.02. The first-order valence-corrected chi connectivity index (χ1v) is 4.91. The maximum atomic E-state index is 10.1. The quantitative estimate of drug-likeness (QED) is 0.676. The van der Waals surface area contributed by atoms with E-state index < -0.39 is 5.60 Å². The summed E-state index contributed by atoms with van der Waals surface area (Å²) in [5, 5.41) is 10.9. The normalized spacial score (nSPS) is 31.8. The molecule has 2 atom stereocenters. The molecule has 13 heavy (non-hydrogen) atoms. The van der Waals surface area contributed by atoms with E-state index in [-0.39, 0.29) is 0 Å². The summed E-state index contributed by atoms with van der Waals surface area (Å²) in [6.45, 7) is 3.96. The molecule has 2 unspecified atom stereocenters. The van der Waals surface area contributed by atoms with Crippen molar-refractivity contribution >= 4 is 11.6 Å². The summed E-state index contributed by atoms with van der Waals surface area (Å²) in [6.07, 6.45) is 0.770. The minimum Gasteiger partial charge on any atom is -0.385 e. The van der Waals surface area contributed by atoms with Gasteiger partial charge in [-0.3, -0.25) is 0 Å². The summed E-state index contributed by atoms with van der Waals surface area (Å²) >= 11 is 6.08. The lowest BCUT2D eigenvalue weighted by Crippen LogP contribution is -2.16. The predicted molar refractivity (Wildman–Crippen MR) is 54.1 cm³/mol. The molecular formula is C11H13ClO. The van der Waals surface area contributed by atoms with Crippen LogP contribution in [-0.2, 0) is 5.60 Å². The smallest absolute Gasteiger partial charge is 0.0877 e. The number of benzene rings is 1. The van der Waals surface area contributed by atoms with Gasteiger partial charge in [-0.1, -0.05) is 30.7 Å². The zero-order valence-electron chi connectivity index (χ0n) is 7.84. The van der Waals surface area contributed by atoms with Crippen LogP contribution in [0.1, 0.15) is 37.3 Å². The largest absolute Gasteiger partial charge is 0.385 e. The van der Waals surface area contributed by atoms with Crippen molar-refractivity contribution in [2.75, 3.05) is 0 Å². The molecule has 1 N–H and O–H groups in total. The van der Waals surface area contributed by atoms with Gasteiger partial charge in [0.25, 0.3) is 0 Å². The van der Waals surface area contributed by atoms with Crippen LogP contribution in [0.4, 0.5) is 0 Å². The van der Waals surface area contributed by atoms with Crippen LogP contribution in [0.25, 0.3) is 0 Å². The molecule has 1 aromatic rings. The van der Waals surface area contributed by atoms with Crippen LogP contribution in [0.2, 0.25) is 5.02 Å². The van der Waals surface area contributed by atoms with Crippen LogP contribution in [0.15, 0.2) is 18.2 Å². The first kappa shape index (κ1) is 9.04. The molecule has 2 rings (SSSR count). The third kappa shape index (κ3) is 1.27. The minimum atomic E-state index is -0.695. The molecule has 1 aliphatic rings. The van der Waals surface area contributed by atoms with Crippen molar-refractivity contribution in [3.63, 3.8) is 0 Å². The van der Waals surface area contributed by atoms with Gasteiger partial charge in [-0.25, -0.2) is 0 Å². The second-order valence-corrected chi connectivity index (χ2v) is 4.49. The molecule has 0 aliphatic heterocycles. The van der Waals surface area contributed by atoms with Crippen LogP contribution in [-0.4, -0.2) is 5.11 Å². The lowest BCUT2D eigenvalue weighted by molar-refractivity contribution is 0.0552. The van der Waals surface area contributed by atoms with E-state index in [1.807, 2.05) is 25.1 Å². The van der Waals surface area contributed by atoms with Crippen LogP contribution in [0.5, 0.6) is 0 Å². The van der Waals surface area contributed by atoms with Crippen LogP contribution in [0, 0.1) is 0 Å². The van der Waals surface area contributed by atoms with Gasteiger partial charge in [0, 0.05) is 5.02 Å². The molecule has 0 saturated heterocycles. The second-order valence-electron chi connectivity index (χ2n) is 4.08. The average molecular weight is 197 g/mol. The fourth-order valence-corrected chi connectivity index (χ4v) is 2.68. The Morgan fingerprint density at radius 2 is 2.23 bits per heavy atom. The summed E-state index contributed by atoms with van der Waals surface area (Å²) in [7, 11) is 0. The highest BCUT2D eigenvalue weighted by Crippen LogP contribution is 2.46. The van der Waals surface area contributed by atoms with Gasteiger partial charge in [0.15, 0.2) is 0 Å². The number of hydrogen-bond acceptors (Lipinski definition) is 1. The minimum absolute atomic E-state index is 0.360. The van der Waals surface area contributed by atoms with E-state index in [1.54, 1.807) is 0 Å². The Kier molecular flexibility index (Phi) is 1.90. The molecule has 0 heterocycles. The SMILES string of the molecule is CC1CC(C)(O)c2cccc(Cl)c21. The van der Waals surface area contributed by atoms with Gasteiger partial charge < -0.3 is 5.11 Å². The highest BCUT2D eigenvalue weighted by molar-refractivity contribution is 6.31. The van der Waals surface area contributed by atoms with Crippen molar-refractivity contribution in [3.8, 4) is 0 Å². The summed E-state index contributed by atoms with van der Waals surface area (Å²) in [5.74, 6) is 0.360. The van der Waals surface area contributed by atoms with Crippen molar-refractivity contribution < 1.29 is 5.11 Å². The Labute approximate surface area is 83.3 Å². The molecule has 1 aliphatic carbocycles. The summed E-state index contributed by atoms with van der Waals surface area (Å²) in [4.78, 5) is 0. The van der Waals surface area contributed by atoms with Gasteiger partial charge >= 0.3 is 0 Å². The van der Waals surface area contributed by atoms with Gasteiger partial charge in [0.05, 0.1) is 5.60 Å². The predicted octanol–water partition coefficient (Wildman–Crippen LogP) is 3.05. The molecule has 0 fully saturated rings. The van der Waals surface area contributed by atoms with Crippen LogP contribution >= 0.6 is 11.6 Å². The van der Waals surface area contributed by atoms with Gasteiger partial charge in [0.2, 0.25) is 0 Å². The van der Waals surface area contributed by atoms with Crippen molar-refractivity contribution in [1.82, 2.24) is 0 Å². The molecule has 70 valence electrons. The zero-order chi connectivity index (χ0) is 9.64. The molecule has 1 nitrogen and oxygen atoms in total. The standard InChI is InChI=1S/C11H13ClO/c1-7-6-11(2,13)8-4-3-5-9(12)10(7)8/h3-5,7,13H,6H2,1-2H3. The maximum absolute atomic E-state index is 10.1. The second kappa shape index (κ2) is 2.73. The topological polar surface area (TPSA) is 20.2 Å². The van der Waals surface area contributed by atoms with E-state index >= 15 is 0 Å². The Hall–Kier alpha value is -0.530. The Morgan fingerprint density at radius 1 is 1.54 bits per heavy atom. The highest BCUT2D eigenvalue weighted by Gasteiger charge is 2.37. The molecule has 0 saturated carbocycles. The molecule has 0 spiro atoms. The van der Waals surface area contributed by atoms with Gasteiger partial charge in [0.1, 0.15) is 0 Å². The van der Waals surface area contributed by atoms with Gasteiger partial charge in [-0.15, -0.1) is 0 Å². The van der Waals surface area contributed by atoms with E-state index in [4.69, 9.17) is 11.6 Å². The lowest BCUT2D eigenvalue weighted by atomic mass is 9.99. The molecule has 0 aromatic heterocycles. The molecule has 0 amide bonds. The Bertz CT molecular complexity index is 344. The molecule has 1 aromatic carbocycles. The van der Waals surface area contributed by atoms with Crippen LogP contribution < -0.4 is 0 Å². The maximum Gasteiger partial charge on any atom is 0.0877 e. The van der Waals surface area contributed by atoms with E-state index in [9.17, 15) is 5.11 Å². The third-order valence-electron chi connectivity index (χ3n) is 2.83. The number of hydrogen-bond donors (Lipinski definition) is 1. The Morgan fingerprint density at radius 3 is 2.85 bits per heavy atom. The lowest BCUT2D eigenvalue weighted by Gasteiger charge is -2.17. The fourth-order valence-electron chi connectivity index (χ4n) is 2.32. The van der Waals surface area contributed by atoms with Crippen molar-refractivity contribution in [1.29, 1.82) is 0 Å². The average Bonchev–Trinajstić information content (AvgIpc) is 2.24.